The second-order valence-corrected chi connectivity index (χ2v) is 8.72. The van der Waals surface area contributed by atoms with E-state index in [-0.39, 0.29) is 23.9 Å². The number of aromatic nitrogens is 2. The van der Waals surface area contributed by atoms with Crippen molar-refractivity contribution >= 4 is 39.5 Å². The molecule has 0 N–H and O–H groups in total. The standard InChI is InChI=1S/C21H17N3O2S2/c25-17-12-22-24(16-5-2-1-4-14(16)17)13-20(26)23-9-7-18-15(8-11-28-18)21(23)19-6-3-10-27-19/h1-6,8,10-12,21H,7,9,13H2/t21-/m0/s1. The van der Waals surface area contributed by atoms with E-state index < -0.39 is 0 Å². The fourth-order valence-corrected chi connectivity index (χ4v) is 5.60. The Morgan fingerprint density at radius 3 is 2.86 bits per heavy atom. The van der Waals surface area contributed by atoms with Gasteiger partial charge in [-0.3, -0.25) is 14.3 Å². The summed E-state index contributed by atoms with van der Waals surface area (Å²) in [6, 6.07) is 13.5. The second-order valence-electron chi connectivity index (χ2n) is 6.74. The predicted molar refractivity (Wildman–Crippen MR) is 112 cm³/mol. The molecule has 0 saturated heterocycles. The highest BCUT2D eigenvalue weighted by Gasteiger charge is 2.33. The minimum absolute atomic E-state index is 0.0107. The molecule has 1 amide bonds. The van der Waals surface area contributed by atoms with Crippen molar-refractivity contribution in [1.82, 2.24) is 14.7 Å². The minimum atomic E-state index is -0.128. The number of fused-ring (bicyclic) bond motifs is 2. The Bertz CT molecular complexity index is 1210. The normalized spacial score (nSPS) is 16.3. The molecule has 3 aromatic heterocycles. The van der Waals surface area contributed by atoms with E-state index in [1.807, 2.05) is 29.2 Å². The van der Waals surface area contributed by atoms with Crippen molar-refractivity contribution < 1.29 is 4.79 Å². The maximum Gasteiger partial charge on any atom is 0.245 e. The quantitative estimate of drug-likeness (QED) is 0.520. The first-order chi connectivity index (χ1) is 13.7. The Kier molecular flexibility index (Phi) is 4.33. The average Bonchev–Trinajstić information content (AvgIpc) is 3.41. The minimum Gasteiger partial charge on any atom is -0.329 e. The number of para-hydroxylation sites is 1. The number of hydrogen-bond acceptors (Lipinski definition) is 5. The van der Waals surface area contributed by atoms with Gasteiger partial charge in [0.15, 0.2) is 0 Å². The Morgan fingerprint density at radius 1 is 1.11 bits per heavy atom. The molecule has 1 atom stereocenters. The molecule has 4 heterocycles. The van der Waals surface area contributed by atoms with Crippen LogP contribution in [-0.2, 0) is 17.8 Å². The van der Waals surface area contributed by atoms with Crippen molar-refractivity contribution in [1.29, 1.82) is 0 Å². The Hall–Kier alpha value is -2.77. The SMILES string of the molecule is O=C(Cn1ncc(=O)c2ccccc21)N1CCc2sccc2[C@H]1c1cccs1. The molecule has 5 rings (SSSR count). The summed E-state index contributed by atoms with van der Waals surface area (Å²) in [6.07, 6.45) is 2.17. The molecule has 1 aromatic carbocycles. The van der Waals surface area contributed by atoms with Crippen molar-refractivity contribution in [2.75, 3.05) is 6.54 Å². The summed E-state index contributed by atoms with van der Waals surface area (Å²) in [5.74, 6) is 0.0107. The topological polar surface area (TPSA) is 55.2 Å². The lowest BCUT2D eigenvalue weighted by atomic mass is 9.98. The molecule has 5 nitrogen and oxygen atoms in total. The molecule has 4 aromatic rings. The van der Waals surface area contributed by atoms with Crippen LogP contribution in [0.4, 0.5) is 0 Å². The number of rotatable bonds is 3. The maximum absolute atomic E-state index is 13.3. The van der Waals surface area contributed by atoms with Gasteiger partial charge < -0.3 is 4.90 Å². The molecule has 1 aliphatic heterocycles. The lowest BCUT2D eigenvalue weighted by molar-refractivity contribution is -0.134. The monoisotopic (exact) mass is 407 g/mol. The van der Waals surface area contributed by atoms with Gasteiger partial charge in [0.05, 0.1) is 17.8 Å². The fraction of sp³-hybridized carbons (Fsp3) is 0.190. The molecule has 7 heteroatoms. The molecule has 0 fully saturated rings. The molecule has 0 bridgehead atoms. The number of thiophene rings is 2. The van der Waals surface area contributed by atoms with Gasteiger partial charge in [0, 0.05) is 21.7 Å². The van der Waals surface area contributed by atoms with E-state index >= 15 is 0 Å². The summed E-state index contributed by atoms with van der Waals surface area (Å²) < 4.78 is 1.63. The van der Waals surface area contributed by atoms with Crippen molar-refractivity contribution in [2.45, 2.75) is 19.0 Å². The van der Waals surface area contributed by atoms with Crippen LogP contribution in [0, 0.1) is 0 Å². The van der Waals surface area contributed by atoms with Gasteiger partial charge in [-0.2, -0.15) is 5.10 Å². The number of carbonyl (C=O) groups excluding carboxylic acids is 1. The number of carbonyl (C=O) groups is 1. The third kappa shape index (κ3) is 2.87. The number of amides is 1. The molecule has 0 aliphatic carbocycles. The summed E-state index contributed by atoms with van der Waals surface area (Å²) in [4.78, 5) is 29.9. The van der Waals surface area contributed by atoms with Crippen LogP contribution < -0.4 is 5.43 Å². The second kappa shape index (κ2) is 7.00. The van der Waals surface area contributed by atoms with E-state index in [9.17, 15) is 9.59 Å². The molecular weight excluding hydrogens is 390 g/mol. The summed E-state index contributed by atoms with van der Waals surface area (Å²) in [7, 11) is 0. The first kappa shape index (κ1) is 17.3. The molecule has 0 unspecified atom stereocenters. The average molecular weight is 408 g/mol. The molecule has 140 valence electrons. The third-order valence-electron chi connectivity index (χ3n) is 5.15. The summed E-state index contributed by atoms with van der Waals surface area (Å²) >= 11 is 3.44. The van der Waals surface area contributed by atoms with Gasteiger partial charge in [-0.25, -0.2) is 0 Å². The predicted octanol–water partition coefficient (Wildman–Crippen LogP) is 3.69. The van der Waals surface area contributed by atoms with Crippen molar-refractivity contribution in [3.63, 3.8) is 0 Å². The van der Waals surface area contributed by atoms with Crippen LogP contribution in [0.3, 0.4) is 0 Å². The highest BCUT2D eigenvalue weighted by Crippen LogP contribution is 2.39. The number of hydrogen-bond donors (Lipinski definition) is 0. The zero-order valence-corrected chi connectivity index (χ0v) is 16.6. The molecule has 0 saturated carbocycles. The Balaban J connectivity index is 1.52. The van der Waals surface area contributed by atoms with Crippen LogP contribution in [-0.4, -0.2) is 27.1 Å². The first-order valence-corrected chi connectivity index (χ1v) is 10.8. The fourth-order valence-electron chi connectivity index (χ4n) is 3.84. The van der Waals surface area contributed by atoms with Crippen LogP contribution in [0.2, 0.25) is 0 Å². The van der Waals surface area contributed by atoms with Crippen LogP contribution in [0.25, 0.3) is 10.9 Å². The van der Waals surface area contributed by atoms with E-state index in [1.165, 1.54) is 21.5 Å². The van der Waals surface area contributed by atoms with E-state index in [1.54, 1.807) is 33.4 Å². The first-order valence-electron chi connectivity index (χ1n) is 9.06. The lowest BCUT2D eigenvalue weighted by Gasteiger charge is -2.35. The van der Waals surface area contributed by atoms with Crippen LogP contribution in [0.15, 0.2) is 64.2 Å². The van der Waals surface area contributed by atoms with E-state index in [4.69, 9.17) is 0 Å². The van der Waals surface area contributed by atoms with Crippen LogP contribution >= 0.6 is 22.7 Å². The van der Waals surface area contributed by atoms with E-state index in [0.29, 0.717) is 17.4 Å². The summed E-state index contributed by atoms with van der Waals surface area (Å²) in [6.45, 7) is 0.801. The Labute approximate surface area is 169 Å². The van der Waals surface area contributed by atoms with Crippen molar-refractivity contribution in [3.8, 4) is 0 Å². The number of benzene rings is 1. The Morgan fingerprint density at radius 2 is 2.00 bits per heavy atom. The van der Waals surface area contributed by atoms with Gasteiger partial charge in [0.1, 0.15) is 6.54 Å². The lowest BCUT2D eigenvalue weighted by Crippen LogP contribution is -2.41. The van der Waals surface area contributed by atoms with Gasteiger partial charge in [-0.05, 0) is 47.0 Å². The van der Waals surface area contributed by atoms with Crippen molar-refractivity contribution in [3.05, 3.63) is 85.0 Å². The van der Waals surface area contributed by atoms with Gasteiger partial charge in [-0.1, -0.05) is 18.2 Å². The zero-order valence-electron chi connectivity index (χ0n) is 14.9. The molecular formula is C21H17N3O2S2. The smallest absolute Gasteiger partial charge is 0.245 e. The van der Waals surface area contributed by atoms with E-state index in [0.717, 1.165) is 6.42 Å². The highest BCUT2D eigenvalue weighted by molar-refractivity contribution is 7.10. The third-order valence-corrected chi connectivity index (χ3v) is 7.07. The summed E-state index contributed by atoms with van der Waals surface area (Å²) in [5.41, 5.74) is 1.78. The maximum atomic E-state index is 13.3. The van der Waals surface area contributed by atoms with Gasteiger partial charge in [-0.15, -0.1) is 22.7 Å². The highest BCUT2D eigenvalue weighted by atomic mass is 32.1. The molecule has 28 heavy (non-hydrogen) atoms. The molecule has 0 spiro atoms. The van der Waals surface area contributed by atoms with Gasteiger partial charge in [0.2, 0.25) is 11.3 Å². The number of nitrogens with zero attached hydrogens (tertiary/aromatic N) is 3. The largest absolute Gasteiger partial charge is 0.329 e. The molecule has 0 radical (unpaired) electrons. The van der Waals surface area contributed by atoms with Crippen LogP contribution in [0.5, 0.6) is 0 Å². The van der Waals surface area contributed by atoms with Crippen LogP contribution in [0.1, 0.15) is 21.4 Å². The zero-order chi connectivity index (χ0) is 19.1. The molecule has 1 aliphatic rings. The van der Waals surface area contributed by atoms with Gasteiger partial charge in [0.25, 0.3) is 0 Å². The summed E-state index contributed by atoms with van der Waals surface area (Å²) in [5, 5.41) is 8.97. The van der Waals surface area contributed by atoms with Gasteiger partial charge >= 0.3 is 0 Å². The van der Waals surface area contributed by atoms with Crippen molar-refractivity contribution in [2.24, 2.45) is 0 Å². The van der Waals surface area contributed by atoms with E-state index in [2.05, 4.69) is 28.0 Å².